The zero-order valence-corrected chi connectivity index (χ0v) is 16.0. The van der Waals surface area contributed by atoms with Gasteiger partial charge in [0.2, 0.25) is 5.91 Å². The molecule has 4 N–H and O–H groups in total. The molecule has 0 fully saturated rings. The van der Waals surface area contributed by atoms with Crippen LogP contribution >= 0.6 is 0 Å². The van der Waals surface area contributed by atoms with Gasteiger partial charge in [0.15, 0.2) is 0 Å². The summed E-state index contributed by atoms with van der Waals surface area (Å²) in [6.45, 7) is 1.67. The standard InChI is InChI=1S/C19H36N2O5/c1-2-3-4-5-6-7-8-9-10-11-12-17(23)20-13-14-21(15-19(25)26)18(24)16-22/h5-6,18,22,24H,2-4,7-16H2,1H3,(H,20,23)(H,25,26)/b6-5+. The Kier molecular flexibility index (Phi) is 16.1. The second-order valence-electron chi connectivity index (χ2n) is 6.44. The number of carbonyl (C=O) groups is 2. The zero-order valence-electron chi connectivity index (χ0n) is 16.0. The number of aliphatic hydroxyl groups excluding tert-OH is 2. The van der Waals surface area contributed by atoms with Gasteiger partial charge in [0, 0.05) is 19.5 Å². The molecule has 0 aromatic rings. The van der Waals surface area contributed by atoms with Crippen LogP contribution in [0, 0.1) is 0 Å². The minimum Gasteiger partial charge on any atom is -0.480 e. The summed E-state index contributed by atoms with van der Waals surface area (Å²) in [5.74, 6) is -1.16. The summed E-state index contributed by atoms with van der Waals surface area (Å²) in [6.07, 6.45) is 12.6. The molecule has 0 aliphatic rings. The Morgan fingerprint density at radius 3 is 2.35 bits per heavy atom. The molecule has 0 saturated carbocycles. The molecule has 0 saturated heterocycles. The fraction of sp³-hybridized carbons (Fsp3) is 0.789. The Balaban J connectivity index is 3.67. The van der Waals surface area contributed by atoms with Crippen molar-refractivity contribution in [2.75, 3.05) is 26.2 Å². The van der Waals surface area contributed by atoms with Gasteiger partial charge in [0.1, 0.15) is 6.23 Å². The van der Waals surface area contributed by atoms with Crippen LogP contribution in [0.25, 0.3) is 0 Å². The van der Waals surface area contributed by atoms with Crippen molar-refractivity contribution in [3.63, 3.8) is 0 Å². The maximum Gasteiger partial charge on any atom is 0.317 e. The van der Waals surface area contributed by atoms with E-state index in [-0.39, 0.29) is 25.5 Å². The van der Waals surface area contributed by atoms with E-state index in [9.17, 15) is 14.7 Å². The van der Waals surface area contributed by atoms with E-state index < -0.39 is 18.8 Å². The van der Waals surface area contributed by atoms with E-state index >= 15 is 0 Å². The average Bonchev–Trinajstić information content (AvgIpc) is 2.61. The molecular formula is C19H36N2O5. The average molecular weight is 373 g/mol. The van der Waals surface area contributed by atoms with Gasteiger partial charge >= 0.3 is 5.97 Å². The van der Waals surface area contributed by atoms with E-state index in [0.717, 1.165) is 38.5 Å². The summed E-state index contributed by atoms with van der Waals surface area (Å²) in [6, 6.07) is 0. The highest BCUT2D eigenvalue weighted by Gasteiger charge is 2.17. The number of amides is 1. The summed E-state index contributed by atoms with van der Waals surface area (Å²) in [4.78, 5) is 23.7. The molecule has 0 spiro atoms. The van der Waals surface area contributed by atoms with Crippen molar-refractivity contribution in [2.45, 2.75) is 70.9 Å². The number of carbonyl (C=O) groups excluding carboxylic acids is 1. The van der Waals surface area contributed by atoms with E-state index in [1.165, 1.54) is 17.7 Å². The molecule has 1 unspecified atom stereocenters. The first-order valence-electron chi connectivity index (χ1n) is 9.67. The van der Waals surface area contributed by atoms with Gasteiger partial charge in [-0.2, -0.15) is 0 Å². The molecule has 26 heavy (non-hydrogen) atoms. The molecule has 0 rings (SSSR count). The maximum atomic E-state index is 11.8. The smallest absolute Gasteiger partial charge is 0.317 e. The Morgan fingerprint density at radius 1 is 1.08 bits per heavy atom. The van der Waals surface area contributed by atoms with Gasteiger partial charge in [-0.3, -0.25) is 14.5 Å². The van der Waals surface area contributed by atoms with Crippen molar-refractivity contribution >= 4 is 11.9 Å². The number of unbranched alkanes of at least 4 members (excludes halogenated alkanes) is 6. The first-order valence-corrected chi connectivity index (χ1v) is 9.67. The van der Waals surface area contributed by atoms with Crippen LogP contribution in [0.4, 0.5) is 0 Å². The minimum absolute atomic E-state index is 0.0711. The Bertz CT molecular complexity index is 401. The summed E-state index contributed by atoms with van der Waals surface area (Å²) in [5, 5.41) is 29.9. The Morgan fingerprint density at radius 2 is 1.73 bits per heavy atom. The van der Waals surface area contributed by atoms with Crippen LogP contribution in [-0.2, 0) is 9.59 Å². The van der Waals surface area contributed by atoms with Crippen LogP contribution in [0.2, 0.25) is 0 Å². The van der Waals surface area contributed by atoms with Gasteiger partial charge in [-0.05, 0) is 25.7 Å². The van der Waals surface area contributed by atoms with Gasteiger partial charge in [0.25, 0.3) is 0 Å². The van der Waals surface area contributed by atoms with Crippen molar-refractivity contribution in [2.24, 2.45) is 0 Å². The first kappa shape index (κ1) is 24.6. The lowest BCUT2D eigenvalue weighted by molar-refractivity contribution is -0.142. The SMILES string of the molecule is CCCC/C=C/CCCCCCC(=O)NCCN(CC(=O)O)C(O)CO. The quantitative estimate of drug-likeness (QED) is 0.176. The monoisotopic (exact) mass is 372 g/mol. The molecule has 1 amide bonds. The first-order chi connectivity index (χ1) is 12.5. The van der Waals surface area contributed by atoms with E-state index in [2.05, 4.69) is 24.4 Å². The highest BCUT2D eigenvalue weighted by Crippen LogP contribution is 2.06. The third-order valence-electron chi connectivity index (χ3n) is 4.06. The lowest BCUT2D eigenvalue weighted by atomic mass is 10.1. The van der Waals surface area contributed by atoms with Crippen LogP contribution in [0.3, 0.4) is 0 Å². The van der Waals surface area contributed by atoms with E-state index in [4.69, 9.17) is 10.2 Å². The fourth-order valence-electron chi connectivity index (χ4n) is 2.51. The number of nitrogens with one attached hydrogen (secondary N) is 1. The number of hydrogen-bond donors (Lipinski definition) is 4. The molecule has 0 aromatic heterocycles. The molecule has 152 valence electrons. The number of carboxylic acids is 1. The fourth-order valence-corrected chi connectivity index (χ4v) is 2.51. The summed E-state index contributed by atoms with van der Waals surface area (Å²) < 4.78 is 0. The topological polar surface area (TPSA) is 110 Å². The molecule has 0 aliphatic carbocycles. The van der Waals surface area contributed by atoms with Gasteiger partial charge < -0.3 is 20.6 Å². The van der Waals surface area contributed by atoms with Gasteiger partial charge in [-0.15, -0.1) is 0 Å². The Labute approximate surface area is 157 Å². The van der Waals surface area contributed by atoms with Crippen LogP contribution in [0.1, 0.15) is 64.7 Å². The zero-order chi connectivity index (χ0) is 19.6. The van der Waals surface area contributed by atoms with Crippen molar-refractivity contribution in [1.82, 2.24) is 10.2 Å². The molecule has 7 heteroatoms. The summed E-state index contributed by atoms with van der Waals surface area (Å²) >= 11 is 0. The molecule has 0 radical (unpaired) electrons. The van der Waals surface area contributed by atoms with E-state index in [1.807, 2.05) is 0 Å². The second-order valence-corrected chi connectivity index (χ2v) is 6.44. The highest BCUT2D eigenvalue weighted by atomic mass is 16.4. The molecule has 0 bridgehead atoms. The third kappa shape index (κ3) is 14.9. The number of nitrogens with zero attached hydrogens (tertiary/aromatic N) is 1. The molecule has 7 nitrogen and oxygen atoms in total. The van der Waals surface area contributed by atoms with Gasteiger partial charge in [-0.1, -0.05) is 44.8 Å². The number of aliphatic carboxylic acids is 1. The number of carboxylic acid groups (broad SMARTS) is 1. The number of aliphatic hydroxyl groups is 2. The largest absolute Gasteiger partial charge is 0.480 e. The molecule has 0 heterocycles. The van der Waals surface area contributed by atoms with Crippen molar-refractivity contribution in [3.8, 4) is 0 Å². The molecule has 0 aliphatic heterocycles. The maximum absolute atomic E-state index is 11.8. The molecular weight excluding hydrogens is 336 g/mol. The van der Waals surface area contributed by atoms with Crippen LogP contribution in [-0.4, -0.2) is 64.6 Å². The normalized spacial score (nSPS) is 12.6. The molecule has 1 atom stereocenters. The second kappa shape index (κ2) is 17.0. The number of allylic oxidation sites excluding steroid dienone is 2. The minimum atomic E-state index is -1.24. The number of hydrogen-bond acceptors (Lipinski definition) is 5. The van der Waals surface area contributed by atoms with Crippen LogP contribution in [0.15, 0.2) is 12.2 Å². The van der Waals surface area contributed by atoms with Crippen LogP contribution < -0.4 is 5.32 Å². The van der Waals surface area contributed by atoms with E-state index in [1.54, 1.807) is 0 Å². The number of rotatable bonds is 17. The van der Waals surface area contributed by atoms with Crippen LogP contribution in [0.5, 0.6) is 0 Å². The lowest BCUT2D eigenvalue weighted by Gasteiger charge is -2.24. The lowest BCUT2D eigenvalue weighted by Crippen LogP contribution is -2.45. The van der Waals surface area contributed by atoms with Gasteiger partial charge in [-0.25, -0.2) is 0 Å². The van der Waals surface area contributed by atoms with Crippen molar-refractivity contribution in [3.05, 3.63) is 12.2 Å². The summed E-state index contributed by atoms with van der Waals surface area (Å²) in [7, 11) is 0. The van der Waals surface area contributed by atoms with Crippen molar-refractivity contribution < 1.29 is 24.9 Å². The predicted molar refractivity (Wildman–Crippen MR) is 102 cm³/mol. The predicted octanol–water partition coefficient (Wildman–Crippen LogP) is 1.89. The van der Waals surface area contributed by atoms with Gasteiger partial charge in [0.05, 0.1) is 13.2 Å². The molecule has 0 aromatic carbocycles. The Hall–Kier alpha value is -1.44. The van der Waals surface area contributed by atoms with Crippen molar-refractivity contribution in [1.29, 1.82) is 0 Å². The third-order valence-corrected chi connectivity index (χ3v) is 4.06. The summed E-state index contributed by atoms with van der Waals surface area (Å²) in [5.41, 5.74) is 0. The highest BCUT2D eigenvalue weighted by molar-refractivity contribution is 5.75. The van der Waals surface area contributed by atoms with E-state index in [0.29, 0.717) is 6.42 Å².